The van der Waals surface area contributed by atoms with E-state index in [1.54, 1.807) is 0 Å². The highest BCUT2D eigenvalue weighted by atomic mass is 16.1. The highest BCUT2D eigenvalue weighted by molar-refractivity contribution is 5.84. The summed E-state index contributed by atoms with van der Waals surface area (Å²) < 4.78 is 0. The van der Waals surface area contributed by atoms with Gasteiger partial charge in [0, 0.05) is 12.1 Å². The average molecular weight is 293 g/mol. The normalized spacial score (nSPS) is 32.6. The standard InChI is InChI=1S/C17H31N3O/c1-17(16(18)21,19-14-8-9-14)10-4-12-20-11-3-6-13-5-2-7-15(13)20/h13-15,19H,2-12H2,1H3,(H2,18,21). The lowest BCUT2D eigenvalue weighted by molar-refractivity contribution is -0.124. The minimum Gasteiger partial charge on any atom is -0.368 e. The summed E-state index contributed by atoms with van der Waals surface area (Å²) >= 11 is 0. The number of primary amides is 1. The predicted molar refractivity (Wildman–Crippen MR) is 84.9 cm³/mol. The molecule has 3 rings (SSSR count). The molecule has 3 N–H and O–H groups in total. The molecule has 120 valence electrons. The van der Waals surface area contributed by atoms with Crippen molar-refractivity contribution in [2.45, 2.75) is 82.3 Å². The topological polar surface area (TPSA) is 58.4 Å². The van der Waals surface area contributed by atoms with Crippen molar-refractivity contribution in [3.63, 3.8) is 0 Å². The molecule has 3 fully saturated rings. The number of fused-ring (bicyclic) bond motifs is 1. The highest BCUT2D eigenvalue weighted by Gasteiger charge is 2.38. The van der Waals surface area contributed by atoms with E-state index < -0.39 is 5.54 Å². The maximum atomic E-state index is 11.8. The van der Waals surface area contributed by atoms with Crippen molar-refractivity contribution in [2.24, 2.45) is 11.7 Å². The number of nitrogens with two attached hydrogens (primary N) is 1. The summed E-state index contributed by atoms with van der Waals surface area (Å²) in [4.78, 5) is 14.5. The molecule has 0 aromatic heterocycles. The molecule has 0 radical (unpaired) electrons. The largest absolute Gasteiger partial charge is 0.368 e. The molecule has 0 bridgehead atoms. The van der Waals surface area contributed by atoms with Gasteiger partial charge in [-0.15, -0.1) is 0 Å². The number of likely N-dealkylation sites (tertiary alicyclic amines) is 1. The maximum absolute atomic E-state index is 11.8. The summed E-state index contributed by atoms with van der Waals surface area (Å²) in [6.07, 6.45) is 11.3. The molecule has 4 heteroatoms. The molecule has 3 atom stereocenters. The van der Waals surface area contributed by atoms with Crippen molar-refractivity contribution in [3.05, 3.63) is 0 Å². The SMILES string of the molecule is CC(CCCN1CCCC2CCCC21)(NC1CC1)C(N)=O. The predicted octanol–water partition coefficient (Wildman–Crippen LogP) is 2.03. The van der Waals surface area contributed by atoms with E-state index in [2.05, 4.69) is 10.2 Å². The third kappa shape index (κ3) is 3.59. The summed E-state index contributed by atoms with van der Waals surface area (Å²) in [6, 6.07) is 1.35. The summed E-state index contributed by atoms with van der Waals surface area (Å²) in [7, 11) is 0. The fraction of sp³-hybridized carbons (Fsp3) is 0.941. The Kier molecular flexibility index (Phi) is 4.55. The van der Waals surface area contributed by atoms with Crippen LogP contribution in [0.1, 0.15) is 64.7 Å². The minimum absolute atomic E-state index is 0.188. The van der Waals surface area contributed by atoms with Gasteiger partial charge in [-0.1, -0.05) is 6.42 Å². The molecule has 3 unspecified atom stereocenters. The van der Waals surface area contributed by atoms with Crippen molar-refractivity contribution >= 4 is 5.91 Å². The van der Waals surface area contributed by atoms with Crippen LogP contribution in [0.25, 0.3) is 0 Å². The molecule has 21 heavy (non-hydrogen) atoms. The van der Waals surface area contributed by atoms with Crippen molar-refractivity contribution in [2.75, 3.05) is 13.1 Å². The van der Waals surface area contributed by atoms with Gasteiger partial charge in [-0.25, -0.2) is 0 Å². The van der Waals surface area contributed by atoms with Gasteiger partial charge in [0.25, 0.3) is 0 Å². The Hall–Kier alpha value is -0.610. The van der Waals surface area contributed by atoms with Gasteiger partial charge in [-0.2, -0.15) is 0 Å². The third-order valence-electron chi connectivity index (χ3n) is 5.87. The second kappa shape index (κ2) is 6.25. The number of nitrogens with one attached hydrogen (secondary N) is 1. The van der Waals surface area contributed by atoms with Gasteiger partial charge in [0.1, 0.15) is 0 Å². The number of nitrogens with zero attached hydrogens (tertiary/aromatic N) is 1. The molecule has 3 aliphatic rings. The van der Waals surface area contributed by atoms with E-state index >= 15 is 0 Å². The Morgan fingerprint density at radius 3 is 2.71 bits per heavy atom. The van der Waals surface area contributed by atoms with E-state index in [-0.39, 0.29) is 5.91 Å². The fourth-order valence-electron chi connectivity index (χ4n) is 4.42. The number of piperidine rings is 1. The number of hydrogen-bond acceptors (Lipinski definition) is 3. The van der Waals surface area contributed by atoms with Crippen LogP contribution in [0.15, 0.2) is 0 Å². The van der Waals surface area contributed by atoms with E-state index in [0.29, 0.717) is 6.04 Å². The molecule has 2 aliphatic carbocycles. The van der Waals surface area contributed by atoms with Gasteiger partial charge >= 0.3 is 0 Å². The monoisotopic (exact) mass is 293 g/mol. The first-order chi connectivity index (χ1) is 10.1. The van der Waals surface area contributed by atoms with E-state index in [9.17, 15) is 4.79 Å². The Bertz CT molecular complexity index is 382. The number of carbonyl (C=O) groups excluding carboxylic acids is 1. The summed E-state index contributed by atoms with van der Waals surface area (Å²) in [6.45, 7) is 4.38. The molecule has 1 saturated heterocycles. The molecule has 0 spiro atoms. The Labute approximate surface area is 128 Å². The van der Waals surface area contributed by atoms with Crippen LogP contribution in [0.2, 0.25) is 0 Å². The number of hydrogen-bond donors (Lipinski definition) is 2. The molecule has 1 aliphatic heterocycles. The van der Waals surface area contributed by atoms with E-state index in [4.69, 9.17) is 5.73 Å². The fourth-order valence-corrected chi connectivity index (χ4v) is 4.42. The molecule has 0 aromatic rings. The molecule has 4 nitrogen and oxygen atoms in total. The smallest absolute Gasteiger partial charge is 0.237 e. The lowest BCUT2D eigenvalue weighted by Crippen LogP contribution is -2.54. The molecule has 1 amide bonds. The van der Waals surface area contributed by atoms with Crippen LogP contribution in [0.4, 0.5) is 0 Å². The Morgan fingerprint density at radius 2 is 2.00 bits per heavy atom. The number of carbonyl (C=O) groups is 1. The zero-order valence-electron chi connectivity index (χ0n) is 13.4. The second-order valence-corrected chi connectivity index (χ2v) is 7.66. The van der Waals surface area contributed by atoms with Gasteiger partial charge in [0.2, 0.25) is 5.91 Å². The molecule has 0 aromatic carbocycles. The summed E-state index contributed by atoms with van der Waals surface area (Å²) in [5, 5.41) is 3.46. The molecular formula is C17H31N3O. The van der Waals surface area contributed by atoms with Crippen molar-refractivity contribution in [1.82, 2.24) is 10.2 Å². The first kappa shape index (κ1) is 15.3. The highest BCUT2D eigenvalue weighted by Crippen LogP contribution is 2.37. The maximum Gasteiger partial charge on any atom is 0.237 e. The number of amides is 1. The van der Waals surface area contributed by atoms with Gasteiger partial charge < -0.3 is 16.0 Å². The lowest BCUT2D eigenvalue weighted by atomic mass is 9.90. The van der Waals surface area contributed by atoms with Crippen molar-refractivity contribution < 1.29 is 4.79 Å². The van der Waals surface area contributed by atoms with Crippen LogP contribution >= 0.6 is 0 Å². The summed E-state index contributed by atoms with van der Waals surface area (Å²) in [5.41, 5.74) is 5.13. The van der Waals surface area contributed by atoms with Crippen LogP contribution < -0.4 is 11.1 Å². The van der Waals surface area contributed by atoms with Crippen LogP contribution in [0.3, 0.4) is 0 Å². The Morgan fingerprint density at radius 1 is 1.24 bits per heavy atom. The van der Waals surface area contributed by atoms with E-state index in [0.717, 1.165) is 31.3 Å². The van der Waals surface area contributed by atoms with Crippen molar-refractivity contribution in [3.8, 4) is 0 Å². The second-order valence-electron chi connectivity index (χ2n) is 7.66. The zero-order chi connectivity index (χ0) is 14.9. The van der Waals surface area contributed by atoms with Crippen LogP contribution in [-0.4, -0.2) is 41.5 Å². The lowest BCUT2D eigenvalue weighted by Gasteiger charge is -2.38. The third-order valence-corrected chi connectivity index (χ3v) is 5.87. The first-order valence-corrected chi connectivity index (χ1v) is 8.90. The first-order valence-electron chi connectivity index (χ1n) is 8.90. The van der Waals surface area contributed by atoms with Gasteiger partial charge in [0.05, 0.1) is 5.54 Å². The average Bonchev–Trinajstić information content (AvgIpc) is 3.12. The minimum atomic E-state index is -0.508. The van der Waals surface area contributed by atoms with Gasteiger partial charge in [-0.05, 0) is 77.3 Å². The summed E-state index contributed by atoms with van der Waals surface area (Å²) in [5.74, 6) is 0.762. The zero-order valence-corrected chi connectivity index (χ0v) is 13.4. The van der Waals surface area contributed by atoms with Crippen LogP contribution in [-0.2, 0) is 4.79 Å². The molecule has 1 heterocycles. The molecular weight excluding hydrogens is 262 g/mol. The van der Waals surface area contributed by atoms with Gasteiger partial charge in [0.15, 0.2) is 0 Å². The van der Waals surface area contributed by atoms with Gasteiger partial charge in [-0.3, -0.25) is 4.79 Å². The number of rotatable bonds is 7. The van der Waals surface area contributed by atoms with Crippen molar-refractivity contribution in [1.29, 1.82) is 0 Å². The van der Waals surface area contributed by atoms with E-state index in [1.165, 1.54) is 51.5 Å². The van der Waals surface area contributed by atoms with E-state index in [1.807, 2.05) is 6.92 Å². The molecule has 2 saturated carbocycles. The van der Waals surface area contributed by atoms with Crippen LogP contribution in [0, 0.1) is 5.92 Å². The van der Waals surface area contributed by atoms with Crippen LogP contribution in [0.5, 0.6) is 0 Å². The Balaban J connectivity index is 1.48. The quantitative estimate of drug-likeness (QED) is 0.755.